The minimum Gasteiger partial charge on any atom is -0.0587 e. The summed E-state index contributed by atoms with van der Waals surface area (Å²) in [4.78, 5) is 0. The zero-order chi connectivity index (χ0) is 14.7. The van der Waals surface area contributed by atoms with Crippen LogP contribution in [0.2, 0.25) is 0 Å². The quantitative estimate of drug-likeness (QED) is 0.648. The molecule has 0 heteroatoms. The van der Waals surface area contributed by atoms with Gasteiger partial charge in [0.2, 0.25) is 0 Å². The molecule has 4 aliphatic carbocycles. The first-order valence-electron chi connectivity index (χ1n) is 9.01. The first-order chi connectivity index (χ1) is 9.92. The molecule has 0 nitrogen and oxygen atoms in total. The van der Waals surface area contributed by atoms with Crippen molar-refractivity contribution in [2.45, 2.75) is 71.1 Å². The van der Waals surface area contributed by atoms with Crippen LogP contribution >= 0.6 is 0 Å². The van der Waals surface area contributed by atoms with E-state index in [-0.39, 0.29) is 5.41 Å². The number of rotatable bonds is 2. The minimum absolute atomic E-state index is 0.277. The first kappa shape index (κ1) is 13.9. The molecule has 0 aromatic heterocycles. The second kappa shape index (κ2) is 4.61. The first-order valence-corrected chi connectivity index (χ1v) is 9.01. The molecule has 0 spiro atoms. The molecular formula is C21H30. The molecule has 0 amide bonds. The van der Waals surface area contributed by atoms with E-state index >= 15 is 0 Å². The lowest BCUT2D eigenvalue weighted by Crippen LogP contribution is -2.47. The third-order valence-electron chi connectivity index (χ3n) is 6.56. The van der Waals surface area contributed by atoms with Crippen LogP contribution in [0, 0.1) is 23.2 Å². The summed E-state index contributed by atoms with van der Waals surface area (Å²) >= 11 is 0. The summed E-state index contributed by atoms with van der Waals surface area (Å²) in [5.74, 6) is 3.22. The molecule has 0 N–H and O–H groups in total. The highest BCUT2D eigenvalue weighted by molar-refractivity contribution is 5.28. The van der Waals surface area contributed by atoms with Gasteiger partial charge in [0.25, 0.3) is 0 Å². The maximum absolute atomic E-state index is 2.42. The molecule has 4 saturated carbocycles. The van der Waals surface area contributed by atoms with E-state index < -0.39 is 0 Å². The highest BCUT2D eigenvalue weighted by Crippen LogP contribution is 2.61. The molecule has 0 unspecified atom stereocenters. The van der Waals surface area contributed by atoms with Crippen molar-refractivity contribution in [3.05, 3.63) is 35.4 Å². The molecule has 4 aliphatic rings. The molecule has 0 heterocycles. The van der Waals surface area contributed by atoms with E-state index in [9.17, 15) is 0 Å². The molecule has 114 valence electrons. The smallest absolute Gasteiger partial charge is 0.0132 e. The molecule has 21 heavy (non-hydrogen) atoms. The van der Waals surface area contributed by atoms with Crippen LogP contribution in [-0.4, -0.2) is 0 Å². The van der Waals surface area contributed by atoms with Gasteiger partial charge in [-0.15, -0.1) is 0 Å². The van der Waals surface area contributed by atoms with Gasteiger partial charge in [-0.05, 0) is 84.7 Å². The summed E-state index contributed by atoms with van der Waals surface area (Å²) in [6.07, 6.45) is 10.6. The summed E-state index contributed by atoms with van der Waals surface area (Å²) in [5, 5.41) is 0. The highest BCUT2D eigenvalue weighted by atomic mass is 14.6. The van der Waals surface area contributed by atoms with Crippen molar-refractivity contribution in [3.8, 4) is 0 Å². The summed E-state index contributed by atoms with van der Waals surface area (Å²) in [6.45, 7) is 6.92. The number of benzene rings is 1. The molecular weight excluding hydrogens is 252 g/mol. The van der Waals surface area contributed by atoms with Gasteiger partial charge in [0.1, 0.15) is 0 Å². The van der Waals surface area contributed by atoms with Crippen LogP contribution in [-0.2, 0) is 11.8 Å². The molecule has 0 atom stereocenters. The normalized spacial score (nSPS) is 38.0. The van der Waals surface area contributed by atoms with Crippen molar-refractivity contribution in [2.75, 3.05) is 0 Å². The van der Waals surface area contributed by atoms with Crippen LogP contribution in [0.5, 0.6) is 0 Å². The third kappa shape index (κ3) is 2.56. The fourth-order valence-electron chi connectivity index (χ4n) is 6.06. The summed E-state index contributed by atoms with van der Waals surface area (Å²) in [5.41, 5.74) is 4.01. The van der Waals surface area contributed by atoms with Gasteiger partial charge in [-0.3, -0.25) is 0 Å². The van der Waals surface area contributed by atoms with E-state index in [1.54, 1.807) is 24.8 Å². The zero-order valence-corrected chi connectivity index (χ0v) is 14.0. The fourth-order valence-corrected chi connectivity index (χ4v) is 6.06. The Morgan fingerprint density at radius 1 is 0.857 bits per heavy atom. The van der Waals surface area contributed by atoms with Crippen LogP contribution in [0.4, 0.5) is 0 Å². The minimum atomic E-state index is 0.277. The maximum atomic E-state index is 2.42. The molecule has 1 aromatic carbocycles. The SMILES string of the molecule is CC(C)(C)c1ccc(CC23CC4CC(CC(C4)C2)C3)cc1. The van der Waals surface area contributed by atoms with Crippen molar-refractivity contribution in [1.29, 1.82) is 0 Å². The maximum Gasteiger partial charge on any atom is -0.0132 e. The Bertz CT molecular complexity index is 479. The van der Waals surface area contributed by atoms with E-state index in [1.807, 2.05) is 0 Å². The standard InChI is InChI=1S/C21H30/c1-20(2,3)19-6-4-15(5-7-19)11-21-12-16-8-17(13-21)10-18(9-16)14-21/h4-7,16-18H,8-14H2,1-3H3. The van der Waals surface area contributed by atoms with E-state index in [2.05, 4.69) is 45.0 Å². The lowest BCUT2D eigenvalue weighted by atomic mass is 9.48. The van der Waals surface area contributed by atoms with Gasteiger partial charge in [0.15, 0.2) is 0 Å². The topological polar surface area (TPSA) is 0 Å². The largest absolute Gasteiger partial charge is 0.0587 e. The summed E-state index contributed by atoms with van der Waals surface area (Å²) in [7, 11) is 0. The highest BCUT2D eigenvalue weighted by Gasteiger charge is 2.50. The van der Waals surface area contributed by atoms with Crippen molar-refractivity contribution in [3.63, 3.8) is 0 Å². The van der Waals surface area contributed by atoms with Crippen LogP contribution in [0.15, 0.2) is 24.3 Å². The Morgan fingerprint density at radius 3 is 1.76 bits per heavy atom. The van der Waals surface area contributed by atoms with Crippen LogP contribution in [0.25, 0.3) is 0 Å². The predicted molar refractivity (Wildman–Crippen MR) is 89.5 cm³/mol. The van der Waals surface area contributed by atoms with Crippen LogP contribution < -0.4 is 0 Å². The van der Waals surface area contributed by atoms with Crippen LogP contribution in [0.1, 0.15) is 70.4 Å². The van der Waals surface area contributed by atoms with Gasteiger partial charge in [-0.2, -0.15) is 0 Å². The Balaban J connectivity index is 1.53. The van der Waals surface area contributed by atoms with Gasteiger partial charge < -0.3 is 0 Å². The summed E-state index contributed by atoms with van der Waals surface area (Å²) in [6, 6.07) is 9.57. The number of hydrogen-bond acceptors (Lipinski definition) is 0. The van der Waals surface area contributed by atoms with E-state index in [4.69, 9.17) is 0 Å². The molecule has 0 radical (unpaired) electrons. The van der Waals surface area contributed by atoms with E-state index in [1.165, 1.54) is 31.2 Å². The summed E-state index contributed by atoms with van der Waals surface area (Å²) < 4.78 is 0. The van der Waals surface area contributed by atoms with Crippen molar-refractivity contribution in [2.24, 2.45) is 23.2 Å². The van der Waals surface area contributed by atoms with Gasteiger partial charge >= 0.3 is 0 Å². The number of hydrogen-bond donors (Lipinski definition) is 0. The molecule has 4 fully saturated rings. The van der Waals surface area contributed by atoms with Gasteiger partial charge in [0, 0.05) is 0 Å². The van der Waals surface area contributed by atoms with Crippen molar-refractivity contribution >= 4 is 0 Å². The zero-order valence-electron chi connectivity index (χ0n) is 14.0. The molecule has 4 bridgehead atoms. The Labute approximate surface area is 130 Å². The Morgan fingerprint density at radius 2 is 1.33 bits per heavy atom. The second-order valence-corrected chi connectivity index (χ2v) is 9.54. The van der Waals surface area contributed by atoms with Crippen molar-refractivity contribution in [1.82, 2.24) is 0 Å². The van der Waals surface area contributed by atoms with Crippen LogP contribution in [0.3, 0.4) is 0 Å². The average Bonchev–Trinajstić information content (AvgIpc) is 2.35. The lowest BCUT2D eigenvalue weighted by Gasteiger charge is -2.57. The Hall–Kier alpha value is -0.780. The monoisotopic (exact) mass is 282 g/mol. The molecule has 5 rings (SSSR count). The molecule has 0 aliphatic heterocycles. The van der Waals surface area contributed by atoms with E-state index in [0.29, 0.717) is 5.41 Å². The lowest BCUT2D eigenvalue weighted by molar-refractivity contribution is -0.0521. The van der Waals surface area contributed by atoms with Gasteiger partial charge in [0.05, 0.1) is 0 Å². The fraction of sp³-hybridized carbons (Fsp3) is 0.714. The molecule has 0 saturated heterocycles. The molecule has 1 aromatic rings. The van der Waals surface area contributed by atoms with Gasteiger partial charge in [-0.1, -0.05) is 45.0 Å². The van der Waals surface area contributed by atoms with Crippen molar-refractivity contribution < 1.29 is 0 Å². The van der Waals surface area contributed by atoms with Gasteiger partial charge in [-0.25, -0.2) is 0 Å². The third-order valence-corrected chi connectivity index (χ3v) is 6.56. The predicted octanol–water partition coefficient (Wildman–Crippen LogP) is 5.74. The average molecular weight is 282 g/mol. The van der Waals surface area contributed by atoms with E-state index in [0.717, 1.165) is 17.8 Å². The second-order valence-electron chi connectivity index (χ2n) is 9.54. The Kier molecular flexibility index (Phi) is 3.04.